The molecule has 0 amide bonds. The summed E-state index contributed by atoms with van der Waals surface area (Å²) < 4.78 is 0. The third-order valence-corrected chi connectivity index (χ3v) is 4.32. The van der Waals surface area contributed by atoms with Crippen molar-refractivity contribution in [2.24, 2.45) is 0 Å². The molecule has 5 rings (SSSR count). The largest absolute Gasteiger partial charge is 2.00 e. The smallest absolute Gasteiger partial charge is 1.00 e. The third kappa shape index (κ3) is 3.38. The summed E-state index contributed by atoms with van der Waals surface area (Å²) in [5.41, 5.74) is 8.40. The maximum Gasteiger partial charge on any atom is 2.00 e. The van der Waals surface area contributed by atoms with E-state index in [0.29, 0.717) is 0 Å². The van der Waals surface area contributed by atoms with Gasteiger partial charge in [-0.25, -0.2) is 4.98 Å². The summed E-state index contributed by atoms with van der Waals surface area (Å²) in [6.45, 7) is 0. The summed E-state index contributed by atoms with van der Waals surface area (Å²) in [5, 5.41) is 0. The van der Waals surface area contributed by atoms with Gasteiger partial charge in [0.05, 0.1) is 11.4 Å². The van der Waals surface area contributed by atoms with E-state index >= 15 is 0 Å². The number of nitrogens with one attached hydrogen (secondary N) is 2. The minimum Gasteiger partial charge on any atom is -1.00 e. The van der Waals surface area contributed by atoms with Gasteiger partial charge in [-0.2, -0.15) is 0 Å². The maximum absolute atomic E-state index is 4.75. The van der Waals surface area contributed by atoms with Gasteiger partial charge < -0.3 is 12.8 Å². The molecule has 3 aromatic rings. The molecule has 3 aromatic heterocycles. The molecule has 2 aliphatic rings. The molecule has 0 saturated carbocycles. The Hall–Kier alpha value is -2.37. The SMILES string of the molecule is C1=Cc2cc3ccc(cc4nc(cc5ccc(cc1n2)[nH]5)CC4)[nH]3.[H-].[H-].[Mg+2]. The van der Waals surface area contributed by atoms with Gasteiger partial charge in [0.25, 0.3) is 0 Å². The fraction of sp³-hybridized carbons (Fsp3) is 0.100. The normalized spacial score (nSPS) is 12.8. The van der Waals surface area contributed by atoms with E-state index in [1.807, 2.05) is 12.2 Å². The summed E-state index contributed by atoms with van der Waals surface area (Å²) >= 11 is 0. The molecule has 8 bridgehead atoms. The van der Waals surface area contributed by atoms with Crippen LogP contribution in [0.4, 0.5) is 0 Å². The monoisotopic (exact) mass is 338 g/mol. The average molecular weight is 339 g/mol. The average Bonchev–Trinajstić information content (AvgIpc) is 3.32. The minimum atomic E-state index is 0. The first-order chi connectivity index (χ1) is 11.8. The Bertz CT molecular complexity index is 1050. The fourth-order valence-electron chi connectivity index (χ4n) is 3.19. The van der Waals surface area contributed by atoms with Crippen LogP contribution in [-0.4, -0.2) is 43.0 Å². The van der Waals surface area contributed by atoms with Gasteiger partial charge in [0.2, 0.25) is 0 Å². The van der Waals surface area contributed by atoms with E-state index in [1.54, 1.807) is 0 Å². The van der Waals surface area contributed by atoms with Crippen molar-refractivity contribution in [3.05, 3.63) is 71.3 Å². The molecule has 2 aliphatic heterocycles. The second-order valence-electron chi connectivity index (χ2n) is 6.20. The first-order valence-corrected chi connectivity index (χ1v) is 8.14. The Labute approximate surface area is 164 Å². The minimum absolute atomic E-state index is 0. The van der Waals surface area contributed by atoms with Crippen LogP contribution in [0, 0.1) is 0 Å². The predicted molar refractivity (Wildman–Crippen MR) is 105 cm³/mol. The zero-order valence-electron chi connectivity index (χ0n) is 15.8. The molecule has 2 N–H and O–H groups in total. The van der Waals surface area contributed by atoms with Crippen molar-refractivity contribution in [2.45, 2.75) is 12.8 Å². The van der Waals surface area contributed by atoms with E-state index in [4.69, 9.17) is 4.98 Å². The summed E-state index contributed by atoms with van der Waals surface area (Å²) in [4.78, 5) is 16.2. The van der Waals surface area contributed by atoms with E-state index in [1.165, 1.54) is 0 Å². The van der Waals surface area contributed by atoms with Crippen molar-refractivity contribution < 1.29 is 2.85 Å². The molecule has 0 saturated heterocycles. The Morgan fingerprint density at radius 2 is 1.08 bits per heavy atom. The molecule has 5 heterocycles. The zero-order valence-corrected chi connectivity index (χ0v) is 15.2. The molecular weight excluding hydrogens is 321 g/mol. The first-order valence-electron chi connectivity index (χ1n) is 8.14. The molecule has 4 nitrogen and oxygen atoms in total. The van der Waals surface area contributed by atoms with Crippen LogP contribution in [-0.2, 0) is 12.8 Å². The number of fused-ring (bicyclic) bond motifs is 8. The number of aromatic nitrogens is 4. The Kier molecular flexibility index (Phi) is 4.19. The Balaban J connectivity index is 0.000000871. The summed E-state index contributed by atoms with van der Waals surface area (Å²) in [7, 11) is 0. The van der Waals surface area contributed by atoms with Crippen molar-refractivity contribution in [3.63, 3.8) is 0 Å². The van der Waals surface area contributed by atoms with Crippen LogP contribution in [0.25, 0.3) is 34.2 Å². The zero-order chi connectivity index (χ0) is 15.9. The van der Waals surface area contributed by atoms with Crippen molar-refractivity contribution in [1.82, 2.24) is 19.9 Å². The number of hydrogen-bond acceptors (Lipinski definition) is 2. The quantitative estimate of drug-likeness (QED) is 0.474. The summed E-state index contributed by atoms with van der Waals surface area (Å²) in [5.74, 6) is 0. The van der Waals surface area contributed by atoms with Crippen LogP contribution in [0.3, 0.4) is 0 Å². The third-order valence-electron chi connectivity index (χ3n) is 4.32. The predicted octanol–water partition coefficient (Wildman–Crippen LogP) is 4.11. The molecule has 0 aromatic carbocycles. The van der Waals surface area contributed by atoms with Crippen molar-refractivity contribution in [3.8, 4) is 0 Å². The molecule has 0 radical (unpaired) electrons. The van der Waals surface area contributed by atoms with E-state index in [2.05, 4.69) is 63.5 Å². The van der Waals surface area contributed by atoms with Crippen molar-refractivity contribution >= 4 is 57.3 Å². The second kappa shape index (κ2) is 6.50. The van der Waals surface area contributed by atoms with Gasteiger partial charge in [-0.15, -0.1) is 0 Å². The van der Waals surface area contributed by atoms with E-state index < -0.39 is 0 Å². The number of hydrogen-bond donors (Lipinski definition) is 2. The van der Waals surface area contributed by atoms with Crippen molar-refractivity contribution in [1.29, 1.82) is 0 Å². The van der Waals surface area contributed by atoms with Crippen molar-refractivity contribution in [2.75, 3.05) is 0 Å². The van der Waals surface area contributed by atoms with Gasteiger partial charge in [0.15, 0.2) is 0 Å². The number of nitrogens with zero attached hydrogens (tertiary/aromatic N) is 2. The number of H-pyrrole nitrogens is 2. The van der Waals surface area contributed by atoms with Crippen LogP contribution in [0.5, 0.6) is 0 Å². The molecule has 0 spiro atoms. The molecule has 120 valence electrons. The van der Waals surface area contributed by atoms with Gasteiger partial charge in [-0.3, -0.25) is 4.98 Å². The summed E-state index contributed by atoms with van der Waals surface area (Å²) in [6.07, 6.45) is 6.03. The van der Waals surface area contributed by atoms with Crippen LogP contribution >= 0.6 is 0 Å². The second-order valence-corrected chi connectivity index (χ2v) is 6.20. The van der Waals surface area contributed by atoms with Crippen LogP contribution in [0.1, 0.15) is 25.6 Å². The topological polar surface area (TPSA) is 57.4 Å². The first kappa shape index (κ1) is 16.1. The Morgan fingerprint density at radius 1 is 0.640 bits per heavy atom. The molecule has 25 heavy (non-hydrogen) atoms. The van der Waals surface area contributed by atoms with Crippen LogP contribution in [0.2, 0.25) is 0 Å². The molecular formula is C20H18MgN4. The van der Waals surface area contributed by atoms with Gasteiger partial charge in [0.1, 0.15) is 0 Å². The number of aromatic amines is 2. The number of aryl methyl sites for hydroxylation is 2. The van der Waals surface area contributed by atoms with Gasteiger partial charge in [0, 0.05) is 33.5 Å². The van der Waals surface area contributed by atoms with Crippen LogP contribution in [0.15, 0.2) is 48.5 Å². The molecule has 0 fully saturated rings. The van der Waals surface area contributed by atoms with E-state index in [0.717, 1.165) is 57.7 Å². The fourth-order valence-corrected chi connectivity index (χ4v) is 3.19. The van der Waals surface area contributed by atoms with E-state index in [-0.39, 0.29) is 25.9 Å². The number of rotatable bonds is 0. The van der Waals surface area contributed by atoms with Crippen LogP contribution < -0.4 is 0 Å². The molecule has 0 aliphatic carbocycles. The molecule has 0 atom stereocenters. The standard InChI is InChI=1S/C20H16N4.Mg.2H/c1-2-14-10-16-5-6-18(23-16)12-20-8-7-19(24-20)11-17-4-3-15(22-17)9-13(1)21-14;;;/h1-6,9-12,22-23H,7-8H2;;;/q;+2;2*-1. The summed E-state index contributed by atoms with van der Waals surface area (Å²) in [6, 6.07) is 16.7. The molecule has 5 heteroatoms. The Morgan fingerprint density at radius 3 is 1.56 bits per heavy atom. The maximum atomic E-state index is 4.75. The van der Waals surface area contributed by atoms with Gasteiger partial charge in [-0.1, -0.05) is 0 Å². The van der Waals surface area contributed by atoms with Gasteiger partial charge in [-0.05, 0) is 73.5 Å². The van der Waals surface area contributed by atoms with Gasteiger partial charge >= 0.3 is 23.1 Å². The molecule has 0 unspecified atom stereocenters. The van der Waals surface area contributed by atoms with E-state index in [9.17, 15) is 0 Å².